The molecule has 2 aliphatic rings. The zero-order chi connectivity index (χ0) is 21.2. The van der Waals surface area contributed by atoms with Crippen molar-refractivity contribution in [2.45, 2.75) is 25.7 Å². The van der Waals surface area contributed by atoms with E-state index in [1.165, 1.54) is 0 Å². The lowest BCUT2D eigenvalue weighted by atomic mass is 9.84. The number of aromatic nitrogens is 2. The van der Waals surface area contributed by atoms with Crippen LogP contribution in [0.4, 0.5) is 0 Å². The summed E-state index contributed by atoms with van der Waals surface area (Å²) in [7, 11) is 0. The van der Waals surface area contributed by atoms with Crippen molar-refractivity contribution in [2.24, 2.45) is 4.99 Å². The zero-order valence-electron chi connectivity index (χ0n) is 17.4. The molecule has 3 heterocycles. The lowest BCUT2D eigenvalue weighted by Gasteiger charge is -2.25. The van der Waals surface area contributed by atoms with E-state index in [2.05, 4.69) is 16.0 Å². The first kappa shape index (κ1) is 19.1. The normalized spacial score (nSPS) is 18.2. The molecule has 2 aliphatic heterocycles. The number of nitriles is 1. The smallest absolute Gasteiger partial charge is 0.237 e. The minimum Gasteiger partial charge on any atom is -0.419 e. The number of ether oxygens (including phenoxy) is 1. The van der Waals surface area contributed by atoms with Gasteiger partial charge in [-0.1, -0.05) is 48.5 Å². The highest BCUT2D eigenvalue weighted by molar-refractivity contribution is 5.61. The van der Waals surface area contributed by atoms with E-state index < -0.39 is 0 Å². The highest BCUT2D eigenvalue weighted by atomic mass is 16.5. The largest absolute Gasteiger partial charge is 0.419 e. The van der Waals surface area contributed by atoms with E-state index in [9.17, 15) is 5.26 Å². The Morgan fingerprint density at radius 3 is 2.42 bits per heavy atom. The topological polar surface area (TPSA) is 66.4 Å². The van der Waals surface area contributed by atoms with Crippen LogP contribution < -0.4 is 4.74 Å². The van der Waals surface area contributed by atoms with E-state index in [1.54, 1.807) is 4.68 Å². The van der Waals surface area contributed by atoms with Gasteiger partial charge in [-0.3, -0.25) is 0 Å². The van der Waals surface area contributed by atoms with Gasteiger partial charge in [0.1, 0.15) is 11.6 Å². The summed E-state index contributed by atoms with van der Waals surface area (Å²) < 4.78 is 8.09. The van der Waals surface area contributed by atoms with Crippen LogP contribution in [0.15, 0.2) is 77.1 Å². The van der Waals surface area contributed by atoms with Crippen LogP contribution in [-0.4, -0.2) is 34.1 Å². The summed E-state index contributed by atoms with van der Waals surface area (Å²) in [6, 6.07) is 22.3. The Balaban J connectivity index is 1.68. The van der Waals surface area contributed by atoms with Gasteiger partial charge in [-0.05, 0) is 37.5 Å². The van der Waals surface area contributed by atoms with Crippen LogP contribution in [0, 0.1) is 18.3 Å². The van der Waals surface area contributed by atoms with Gasteiger partial charge in [0.15, 0.2) is 0 Å². The lowest BCUT2D eigenvalue weighted by Crippen LogP contribution is -2.20. The monoisotopic (exact) mass is 409 g/mol. The third kappa shape index (κ3) is 3.49. The van der Waals surface area contributed by atoms with Crippen molar-refractivity contribution in [3.8, 4) is 17.6 Å². The Hall–Kier alpha value is -3.85. The van der Waals surface area contributed by atoms with Crippen molar-refractivity contribution in [2.75, 3.05) is 13.1 Å². The Bertz CT molecular complexity index is 1180. The van der Waals surface area contributed by atoms with E-state index >= 15 is 0 Å². The summed E-state index contributed by atoms with van der Waals surface area (Å²) in [6.07, 6.45) is 4.13. The van der Waals surface area contributed by atoms with E-state index in [-0.39, 0.29) is 5.92 Å². The fourth-order valence-corrected chi connectivity index (χ4v) is 4.29. The number of para-hydroxylation sites is 1. The first-order valence-electron chi connectivity index (χ1n) is 10.6. The number of fused-ring (bicyclic) bond motifs is 1. The third-order valence-corrected chi connectivity index (χ3v) is 5.80. The molecule has 1 fully saturated rings. The van der Waals surface area contributed by atoms with Crippen molar-refractivity contribution in [3.05, 3.63) is 88.9 Å². The van der Waals surface area contributed by atoms with E-state index in [0.29, 0.717) is 17.3 Å². The molecular formula is C25H23N5O. The molecule has 154 valence electrons. The second kappa shape index (κ2) is 8.11. The first-order chi connectivity index (χ1) is 15.3. The molecule has 2 aromatic carbocycles. The molecule has 0 aliphatic carbocycles. The molecular weight excluding hydrogens is 386 g/mol. The molecule has 1 saturated heterocycles. The van der Waals surface area contributed by atoms with Crippen LogP contribution in [0.1, 0.15) is 35.6 Å². The van der Waals surface area contributed by atoms with E-state index in [1.807, 2.05) is 73.9 Å². The number of nitrogens with zero attached hydrogens (tertiary/aromatic N) is 5. The number of allylic oxidation sites excluding steroid dienone is 1. The van der Waals surface area contributed by atoms with Gasteiger partial charge in [0.25, 0.3) is 0 Å². The Labute approximate surface area is 181 Å². The predicted molar refractivity (Wildman–Crippen MR) is 119 cm³/mol. The summed E-state index contributed by atoms with van der Waals surface area (Å²) in [5.41, 5.74) is 4.18. The summed E-state index contributed by atoms with van der Waals surface area (Å²) in [5.74, 6) is 0.677. The summed E-state index contributed by atoms with van der Waals surface area (Å²) in [6.45, 7) is 3.92. The SMILES string of the molecule is Cc1nn(-c2ccccc2)c2c1[C@@H](c1ccccc1)C(C#N)=C(N=CN1CCCC1)O2. The zero-order valence-corrected chi connectivity index (χ0v) is 17.4. The van der Waals surface area contributed by atoms with Gasteiger partial charge in [0, 0.05) is 13.1 Å². The van der Waals surface area contributed by atoms with Gasteiger partial charge in [-0.15, -0.1) is 0 Å². The van der Waals surface area contributed by atoms with Gasteiger partial charge < -0.3 is 9.64 Å². The summed E-state index contributed by atoms with van der Waals surface area (Å²) in [5, 5.41) is 14.9. The van der Waals surface area contributed by atoms with Crippen molar-refractivity contribution in [3.63, 3.8) is 0 Å². The maximum absolute atomic E-state index is 10.1. The molecule has 0 radical (unpaired) electrons. The second-order valence-corrected chi connectivity index (χ2v) is 7.82. The number of likely N-dealkylation sites (tertiary alicyclic amines) is 1. The second-order valence-electron chi connectivity index (χ2n) is 7.82. The quantitative estimate of drug-likeness (QED) is 0.468. The van der Waals surface area contributed by atoms with E-state index in [4.69, 9.17) is 9.84 Å². The van der Waals surface area contributed by atoms with Crippen LogP contribution in [0.25, 0.3) is 5.69 Å². The lowest BCUT2D eigenvalue weighted by molar-refractivity contribution is 0.366. The predicted octanol–water partition coefficient (Wildman–Crippen LogP) is 4.56. The minimum atomic E-state index is -0.279. The molecule has 0 saturated carbocycles. The number of benzene rings is 2. The molecule has 1 aromatic heterocycles. The van der Waals surface area contributed by atoms with Crippen molar-refractivity contribution >= 4 is 6.34 Å². The molecule has 0 N–H and O–H groups in total. The van der Waals surface area contributed by atoms with Gasteiger partial charge in [0.2, 0.25) is 11.8 Å². The highest BCUT2D eigenvalue weighted by Crippen LogP contribution is 2.45. The highest BCUT2D eigenvalue weighted by Gasteiger charge is 2.36. The maximum Gasteiger partial charge on any atom is 0.237 e. The van der Waals surface area contributed by atoms with Gasteiger partial charge in [-0.2, -0.15) is 10.4 Å². The van der Waals surface area contributed by atoms with Gasteiger partial charge in [0.05, 0.1) is 29.2 Å². The number of hydrogen-bond acceptors (Lipinski definition) is 4. The average molecular weight is 409 g/mol. The van der Waals surface area contributed by atoms with Crippen LogP contribution in [-0.2, 0) is 0 Å². The van der Waals surface area contributed by atoms with Gasteiger partial charge in [-0.25, -0.2) is 9.67 Å². The maximum atomic E-state index is 10.1. The number of aryl methyl sites for hydroxylation is 1. The van der Waals surface area contributed by atoms with Crippen LogP contribution >= 0.6 is 0 Å². The Morgan fingerprint density at radius 1 is 1.06 bits per heavy atom. The third-order valence-electron chi connectivity index (χ3n) is 5.80. The molecule has 3 aromatic rings. The minimum absolute atomic E-state index is 0.279. The standard InChI is InChI=1S/C25H23N5O/c1-18-22-23(19-10-4-2-5-11-19)21(16-26)24(27-17-29-14-8-9-15-29)31-25(22)30(28-18)20-12-6-3-7-13-20/h2-7,10-13,17,23H,8-9,14-15H2,1H3/t23-/m0/s1. The average Bonchev–Trinajstić information content (AvgIpc) is 3.46. The Kier molecular flexibility index (Phi) is 5.01. The molecule has 0 spiro atoms. The van der Waals surface area contributed by atoms with E-state index in [0.717, 1.165) is 48.4 Å². The summed E-state index contributed by atoms with van der Waals surface area (Å²) in [4.78, 5) is 6.80. The van der Waals surface area contributed by atoms with Crippen LogP contribution in [0.2, 0.25) is 0 Å². The van der Waals surface area contributed by atoms with Crippen molar-refractivity contribution in [1.82, 2.24) is 14.7 Å². The fraction of sp³-hybridized carbons (Fsp3) is 0.240. The molecule has 1 atom stereocenters. The number of hydrogen-bond donors (Lipinski definition) is 0. The van der Waals surface area contributed by atoms with Gasteiger partial charge >= 0.3 is 0 Å². The van der Waals surface area contributed by atoms with Crippen molar-refractivity contribution in [1.29, 1.82) is 5.26 Å². The first-order valence-corrected chi connectivity index (χ1v) is 10.6. The van der Waals surface area contributed by atoms with Crippen molar-refractivity contribution < 1.29 is 4.74 Å². The summed E-state index contributed by atoms with van der Waals surface area (Å²) >= 11 is 0. The molecule has 5 rings (SSSR count). The molecule has 0 bridgehead atoms. The molecule has 0 unspecified atom stereocenters. The molecule has 6 heteroatoms. The number of aliphatic imine (C=N–C) groups is 1. The van der Waals surface area contributed by atoms with Crippen LogP contribution in [0.5, 0.6) is 5.88 Å². The fourth-order valence-electron chi connectivity index (χ4n) is 4.29. The molecule has 6 nitrogen and oxygen atoms in total. The molecule has 31 heavy (non-hydrogen) atoms. The molecule has 0 amide bonds. The van der Waals surface area contributed by atoms with Crippen LogP contribution in [0.3, 0.4) is 0 Å². The Morgan fingerprint density at radius 2 is 1.74 bits per heavy atom. The number of rotatable bonds is 4.